The number of hydrogen-bond acceptors (Lipinski definition) is 3. The first-order chi connectivity index (χ1) is 9.33. The Balaban J connectivity index is 2.24. The zero-order valence-electron chi connectivity index (χ0n) is 10.4. The summed E-state index contributed by atoms with van der Waals surface area (Å²) >= 11 is 0. The first-order valence-electron chi connectivity index (χ1n) is 5.89. The van der Waals surface area contributed by atoms with Crippen molar-refractivity contribution in [2.75, 3.05) is 7.11 Å². The van der Waals surface area contributed by atoms with Crippen molar-refractivity contribution in [1.29, 1.82) is 0 Å². The number of carbonyl (C=O) groups excluding carboxylic acids is 1. The van der Waals surface area contributed by atoms with E-state index in [1.807, 2.05) is 30.3 Å². The summed E-state index contributed by atoms with van der Waals surface area (Å²) in [4.78, 5) is 18.4. The van der Waals surface area contributed by atoms with Crippen molar-refractivity contribution >= 4 is 17.2 Å². The molecule has 0 bridgehead atoms. The van der Waals surface area contributed by atoms with E-state index in [1.54, 1.807) is 19.5 Å². The summed E-state index contributed by atoms with van der Waals surface area (Å²) in [5.41, 5.74) is 3.29. The standard InChI is InChI=1S/C15H12N2O2/c1-19-11-4-2-10(3-5-11)15-12-6-7-16-8-13(12)17-14(15)9-18/h2-9,17H,1H3. The van der Waals surface area contributed by atoms with E-state index in [4.69, 9.17) is 4.74 Å². The molecule has 0 unspecified atom stereocenters. The number of methoxy groups -OCH3 is 1. The maximum Gasteiger partial charge on any atom is 0.166 e. The Hall–Kier alpha value is -2.62. The summed E-state index contributed by atoms with van der Waals surface area (Å²) in [7, 11) is 1.63. The van der Waals surface area contributed by atoms with Gasteiger partial charge in [-0.25, -0.2) is 0 Å². The minimum Gasteiger partial charge on any atom is -0.497 e. The Kier molecular flexibility index (Phi) is 2.76. The number of ether oxygens (including phenoxy) is 1. The topological polar surface area (TPSA) is 55.0 Å². The van der Waals surface area contributed by atoms with E-state index in [-0.39, 0.29) is 0 Å². The Labute approximate surface area is 110 Å². The molecule has 0 spiro atoms. The minimum atomic E-state index is 0.563. The van der Waals surface area contributed by atoms with E-state index in [1.165, 1.54) is 0 Å². The van der Waals surface area contributed by atoms with Crippen LogP contribution in [0, 0.1) is 0 Å². The number of hydrogen-bond donors (Lipinski definition) is 1. The molecular weight excluding hydrogens is 240 g/mol. The van der Waals surface area contributed by atoms with Gasteiger partial charge in [-0.05, 0) is 23.8 Å². The number of nitrogens with zero attached hydrogens (tertiary/aromatic N) is 1. The molecule has 4 heteroatoms. The van der Waals surface area contributed by atoms with Crippen LogP contribution in [0.5, 0.6) is 5.75 Å². The third kappa shape index (κ3) is 1.87. The lowest BCUT2D eigenvalue weighted by Gasteiger charge is -2.03. The predicted octanol–water partition coefficient (Wildman–Crippen LogP) is 3.05. The molecule has 94 valence electrons. The van der Waals surface area contributed by atoms with Crippen LogP contribution in [0.25, 0.3) is 22.0 Å². The number of aromatic amines is 1. The van der Waals surface area contributed by atoms with Gasteiger partial charge in [0.2, 0.25) is 0 Å². The van der Waals surface area contributed by atoms with Gasteiger partial charge in [0.1, 0.15) is 5.75 Å². The normalized spacial score (nSPS) is 10.6. The molecule has 0 aliphatic rings. The van der Waals surface area contributed by atoms with Crippen LogP contribution < -0.4 is 4.74 Å². The molecule has 2 aromatic heterocycles. The molecule has 0 aliphatic carbocycles. The average molecular weight is 252 g/mol. The first kappa shape index (κ1) is 11.5. The van der Waals surface area contributed by atoms with Gasteiger partial charge in [0.05, 0.1) is 24.5 Å². The van der Waals surface area contributed by atoms with Crippen molar-refractivity contribution in [3.63, 3.8) is 0 Å². The molecule has 0 fully saturated rings. The highest BCUT2D eigenvalue weighted by Gasteiger charge is 2.12. The van der Waals surface area contributed by atoms with E-state index < -0.39 is 0 Å². The summed E-state index contributed by atoms with van der Waals surface area (Å²) < 4.78 is 5.14. The van der Waals surface area contributed by atoms with Gasteiger partial charge < -0.3 is 9.72 Å². The zero-order valence-corrected chi connectivity index (χ0v) is 10.4. The molecular formula is C15H12N2O2. The molecule has 0 aliphatic heterocycles. The van der Waals surface area contributed by atoms with E-state index >= 15 is 0 Å². The lowest BCUT2D eigenvalue weighted by atomic mass is 10.0. The first-order valence-corrected chi connectivity index (χ1v) is 5.89. The molecule has 1 aromatic carbocycles. The average Bonchev–Trinajstić information content (AvgIpc) is 2.86. The molecule has 0 saturated carbocycles. The summed E-state index contributed by atoms with van der Waals surface area (Å²) in [5.74, 6) is 0.790. The fourth-order valence-electron chi connectivity index (χ4n) is 2.22. The highest BCUT2D eigenvalue weighted by Crippen LogP contribution is 2.32. The number of carbonyl (C=O) groups is 1. The fraction of sp³-hybridized carbons (Fsp3) is 0.0667. The lowest BCUT2D eigenvalue weighted by molar-refractivity contribution is 0.112. The third-order valence-electron chi connectivity index (χ3n) is 3.13. The fourth-order valence-corrected chi connectivity index (χ4v) is 2.22. The molecule has 0 amide bonds. The van der Waals surface area contributed by atoms with Crippen LogP contribution in [0.1, 0.15) is 10.5 Å². The van der Waals surface area contributed by atoms with E-state index in [0.29, 0.717) is 5.69 Å². The smallest absolute Gasteiger partial charge is 0.166 e. The number of pyridine rings is 1. The van der Waals surface area contributed by atoms with Gasteiger partial charge in [-0.2, -0.15) is 0 Å². The van der Waals surface area contributed by atoms with Crippen molar-refractivity contribution in [1.82, 2.24) is 9.97 Å². The minimum absolute atomic E-state index is 0.563. The molecule has 2 heterocycles. The van der Waals surface area contributed by atoms with E-state index in [2.05, 4.69) is 9.97 Å². The summed E-state index contributed by atoms with van der Waals surface area (Å²) in [6, 6.07) is 9.54. The number of fused-ring (bicyclic) bond motifs is 1. The van der Waals surface area contributed by atoms with Crippen molar-refractivity contribution in [3.05, 3.63) is 48.4 Å². The van der Waals surface area contributed by atoms with Crippen LogP contribution in [-0.4, -0.2) is 23.4 Å². The Morgan fingerprint density at radius 2 is 2.00 bits per heavy atom. The summed E-state index contributed by atoms with van der Waals surface area (Å²) in [5, 5.41) is 0.988. The Bertz CT molecular complexity index is 729. The molecule has 4 nitrogen and oxygen atoms in total. The van der Waals surface area contributed by atoms with Crippen LogP contribution in [-0.2, 0) is 0 Å². The van der Waals surface area contributed by atoms with Crippen molar-refractivity contribution in [3.8, 4) is 16.9 Å². The van der Waals surface area contributed by atoms with Crippen LogP contribution in [0.4, 0.5) is 0 Å². The molecule has 19 heavy (non-hydrogen) atoms. The number of benzene rings is 1. The second-order valence-corrected chi connectivity index (χ2v) is 4.18. The van der Waals surface area contributed by atoms with E-state index in [0.717, 1.165) is 34.1 Å². The summed E-state index contributed by atoms with van der Waals surface area (Å²) in [6.45, 7) is 0. The van der Waals surface area contributed by atoms with Gasteiger partial charge in [0.15, 0.2) is 6.29 Å². The van der Waals surface area contributed by atoms with Gasteiger partial charge in [-0.1, -0.05) is 12.1 Å². The number of H-pyrrole nitrogens is 1. The maximum absolute atomic E-state index is 11.2. The van der Waals surface area contributed by atoms with Crippen LogP contribution in [0.3, 0.4) is 0 Å². The van der Waals surface area contributed by atoms with E-state index in [9.17, 15) is 4.79 Å². The second kappa shape index (κ2) is 4.57. The predicted molar refractivity (Wildman–Crippen MR) is 73.5 cm³/mol. The highest BCUT2D eigenvalue weighted by atomic mass is 16.5. The molecule has 0 saturated heterocycles. The van der Waals surface area contributed by atoms with Crippen molar-refractivity contribution < 1.29 is 9.53 Å². The third-order valence-corrected chi connectivity index (χ3v) is 3.13. The van der Waals surface area contributed by atoms with Gasteiger partial charge in [-0.3, -0.25) is 9.78 Å². The van der Waals surface area contributed by atoms with Gasteiger partial charge >= 0.3 is 0 Å². The molecule has 3 aromatic rings. The van der Waals surface area contributed by atoms with Crippen LogP contribution in [0.15, 0.2) is 42.7 Å². The van der Waals surface area contributed by atoms with Gasteiger partial charge in [0, 0.05) is 17.1 Å². The second-order valence-electron chi connectivity index (χ2n) is 4.18. The quantitative estimate of drug-likeness (QED) is 0.729. The molecule has 0 atom stereocenters. The van der Waals surface area contributed by atoms with Gasteiger partial charge in [0.25, 0.3) is 0 Å². The number of nitrogens with one attached hydrogen (secondary N) is 1. The number of aldehydes is 1. The highest BCUT2D eigenvalue weighted by molar-refractivity contribution is 6.03. The monoisotopic (exact) mass is 252 g/mol. The maximum atomic E-state index is 11.2. The van der Waals surface area contributed by atoms with Crippen molar-refractivity contribution in [2.45, 2.75) is 0 Å². The SMILES string of the molecule is COc1ccc(-c2c(C=O)[nH]c3cnccc23)cc1. The van der Waals surface area contributed by atoms with Crippen LogP contribution in [0.2, 0.25) is 0 Å². The summed E-state index contributed by atoms with van der Waals surface area (Å²) in [6.07, 6.45) is 4.27. The number of rotatable bonds is 3. The lowest BCUT2D eigenvalue weighted by Crippen LogP contribution is -1.86. The number of aromatic nitrogens is 2. The molecule has 1 N–H and O–H groups in total. The Morgan fingerprint density at radius 3 is 2.68 bits per heavy atom. The zero-order chi connectivity index (χ0) is 13.2. The van der Waals surface area contributed by atoms with Crippen molar-refractivity contribution in [2.24, 2.45) is 0 Å². The molecule has 0 radical (unpaired) electrons. The Morgan fingerprint density at radius 1 is 1.21 bits per heavy atom. The molecule has 3 rings (SSSR count). The largest absolute Gasteiger partial charge is 0.497 e. The van der Waals surface area contributed by atoms with Crippen LogP contribution >= 0.6 is 0 Å². The van der Waals surface area contributed by atoms with Gasteiger partial charge in [-0.15, -0.1) is 0 Å².